The molecule has 1 aromatic carbocycles. The summed E-state index contributed by atoms with van der Waals surface area (Å²) in [7, 11) is 1.70. The second-order valence-corrected chi connectivity index (χ2v) is 6.02. The number of hydrogen-bond donors (Lipinski definition) is 1. The van der Waals surface area contributed by atoms with Gasteiger partial charge in [0.05, 0.1) is 6.54 Å². The van der Waals surface area contributed by atoms with Crippen LogP contribution < -0.4 is 5.32 Å². The minimum atomic E-state index is 0.104. The van der Waals surface area contributed by atoms with Crippen LogP contribution in [0.15, 0.2) is 29.2 Å². The van der Waals surface area contributed by atoms with E-state index < -0.39 is 0 Å². The minimum Gasteiger partial charge on any atom is -0.358 e. The molecule has 1 unspecified atom stereocenters. The highest BCUT2D eigenvalue weighted by molar-refractivity contribution is 7.99. The first-order valence-corrected chi connectivity index (χ1v) is 7.87. The fourth-order valence-corrected chi connectivity index (χ4v) is 3.77. The van der Waals surface area contributed by atoms with E-state index in [1.807, 2.05) is 11.8 Å². The van der Waals surface area contributed by atoms with Crippen LogP contribution in [0.5, 0.6) is 0 Å². The average molecular weight is 278 g/mol. The van der Waals surface area contributed by atoms with Crippen molar-refractivity contribution < 1.29 is 4.79 Å². The van der Waals surface area contributed by atoms with Crippen molar-refractivity contribution in [3.63, 3.8) is 0 Å². The number of rotatable bonds is 6. The Kier molecular flexibility index (Phi) is 5.28. The number of thioether (sulfide) groups is 1. The summed E-state index contributed by atoms with van der Waals surface area (Å²) in [6, 6.07) is 8.64. The third-order valence-electron chi connectivity index (χ3n) is 3.46. The van der Waals surface area contributed by atoms with Gasteiger partial charge < -0.3 is 5.32 Å². The maximum atomic E-state index is 11.6. The molecule has 2 rings (SSSR count). The second kappa shape index (κ2) is 6.96. The number of amides is 1. The Morgan fingerprint density at radius 2 is 2.26 bits per heavy atom. The van der Waals surface area contributed by atoms with E-state index in [4.69, 9.17) is 0 Å². The molecule has 104 valence electrons. The Labute approximate surface area is 119 Å². The van der Waals surface area contributed by atoms with Crippen molar-refractivity contribution in [2.24, 2.45) is 0 Å². The number of hydrogen-bond acceptors (Lipinski definition) is 3. The summed E-state index contributed by atoms with van der Waals surface area (Å²) in [5.74, 6) is 1.79. The summed E-state index contributed by atoms with van der Waals surface area (Å²) < 4.78 is 0. The summed E-state index contributed by atoms with van der Waals surface area (Å²) in [6.45, 7) is 4.63. The van der Waals surface area contributed by atoms with Gasteiger partial charge in [-0.05, 0) is 24.6 Å². The topological polar surface area (TPSA) is 32.3 Å². The fourth-order valence-electron chi connectivity index (χ4n) is 2.53. The van der Waals surface area contributed by atoms with Crippen molar-refractivity contribution in [1.82, 2.24) is 10.2 Å². The van der Waals surface area contributed by atoms with E-state index in [0.29, 0.717) is 12.5 Å². The standard InChI is InChI=1S/C15H22N2OS/c1-3-8-17(10-15(18)16-2)9-12-11-19-14-7-5-4-6-13(12)14/h4-7,12H,3,8-11H2,1-2H3,(H,16,18). The second-order valence-electron chi connectivity index (χ2n) is 4.95. The first kappa shape index (κ1) is 14.4. The lowest BCUT2D eigenvalue weighted by Crippen LogP contribution is -2.38. The third kappa shape index (κ3) is 3.74. The summed E-state index contributed by atoms with van der Waals surface area (Å²) >= 11 is 1.93. The quantitative estimate of drug-likeness (QED) is 0.867. The molecule has 3 nitrogen and oxygen atoms in total. The fraction of sp³-hybridized carbons (Fsp3) is 0.533. The summed E-state index contributed by atoms with van der Waals surface area (Å²) in [5, 5.41) is 2.71. The Bertz CT molecular complexity index is 436. The zero-order valence-corrected chi connectivity index (χ0v) is 12.5. The zero-order valence-electron chi connectivity index (χ0n) is 11.7. The number of carbonyl (C=O) groups excluding carboxylic acids is 1. The van der Waals surface area contributed by atoms with E-state index in [9.17, 15) is 4.79 Å². The third-order valence-corrected chi connectivity index (χ3v) is 4.72. The highest BCUT2D eigenvalue weighted by Gasteiger charge is 2.25. The maximum absolute atomic E-state index is 11.6. The molecule has 1 heterocycles. The van der Waals surface area contributed by atoms with Gasteiger partial charge in [0.15, 0.2) is 0 Å². The van der Waals surface area contributed by atoms with Crippen molar-refractivity contribution >= 4 is 17.7 Å². The molecule has 1 aliphatic heterocycles. The Morgan fingerprint density at radius 3 is 3.00 bits per heavy atom. The normalized spacial score (nSPS) is 17.5. The van der Waals surface area contributed by atoms with E-state index in [1.54, 1.807) is 7.05 Å². The Morgan fingerprint density at radius 1 is 1.47 bits per heavy atom. The molecule has 0 radical (unpaired) electrons. The maximum Gasteiger partial charge on any atom is 0.233 e. The molecule has 1 N–H and O–H groups in total. The molecule has 19 heavy (non-hydrogen) atoms. The van der Waals surface area contributed by atoms with Gasteiger partial charge in [-0.2, -0.15) is 0 Å². The first-order valence-electron chi connectivity index (χ1n) is 6.89. The van der Waals surface area contributed by atoms with Gasteiger partial charge in [0, 0.05) is 30.2 Å². The molecule has 0 bridgehead atoms. The highest BCUT2D eigenvalue weighted by atomic mass is 32.2. The number of nitrogens with zero attached hydrogens (tertiary/aromatic N) is 1. The van der Waals surface area contributed by atoms with Crippen molar-refractivity contribution in [1.29, 1.82) is 0 Å². The van der Waals surface area contributed by atoms with E-state index in [0.717, 1.165) is 25.3 Å². The van der Waals surface area contributed by atoms with Crippen LogP contribution in [0.4, 0.5) is 0 Å². The van der Waals surface area contributed by atoms with Crippen LogP contribution in [-0.4, -0.2) is 43.2 Å². The van der Waals surface area contributed by atoms with E-state index in [2.05, 4.69) is 41.4 Å². The van der Waals surface area contributed by atoms with Crippen LogP contribution in [0.1, 0.15) is 24.8 Å². The first-order chi connectivity index (χ1) is 9.24. The lowest BCUT2D eigenvalue weighted by atomic mass is 10.0. The van der Waals surface area contributed by atoms with E-state index >= 15 is 0 Å². The SMILES string of the molecule is CCCN(CC(=O)NC)CC1CSc2ccccc21. The summed E-state index contributed by atoms with van der Waals surface area (Å²) in [5.41, 5.74) is 1.45. The van der Waals surface area contributed by atoms with Crippen LogP contribution in [0.2, 0.25) is 0 Å². The lowest BCUT2D eigenvalue weighted by Gasteiger charge is -2.24. The molecule has 0 spiro atoms. The van der Waals surface area contributed by atoms with Gasteiger partial charge in [-0.1, -0.05) is 25.1 Å². The smallest absolute Gasteiger partial charge is 0.233 e. The van der Waals surface area contributed by atoms with Gasteiger partial charge in [-0.3, -0.25) is 9.69 Å². The van der Waals surface area contributed by atoms with Crippen LogP contribution in [-0.2, 0) is 4.79 Å². The summed E-state index contributed by atoms with van der Waals surface area (Å²) in [6.07, 6.45) is 1.08. The largest absolute Gasteiger partial charge is 0.358 e. The average Bonchev–Trinajstić information content (AvgIpc) is 2.82. The van der Waals surface area contributed by atoms with Crippen molar-refractivity contribution in [2.45, 2.75) is 24.2 Å². The van der Waals surface area contributed by atoms with Gasteiger partial charge in [-0.15, -0.1) is 11.8 Å². The zero-order chi connectivity index (χ0) is 13.7. The Balaban J connectivity index is 2.00. The van der Waals surface area contributed by atoms with Crippen LogP contribution in [0, 0.1) is 0 Å². The molecule has 1 amide bonds. The predicted molar refractivity (Wildman–Crippen MR) is 80.7 cm³/mol. The minimum absolute atomic E-state index is 0.104. The monoisotopic (exact) mass is 278 g/mol. The molecule has 1 aliphatic rings. The van der Waals surface area contributed by atoms with E-state index in [-0.39, 0.29) is 5.91 Å². The molecule has 4 heteroatoms. The van der Waals surface area contributed by atoms with Crippen LogP contribution in [0.25, 0.3) is 0 Å². The van der Waals surface area contributed by atoms with Gasteiger partial charge in [0.2, 0.25) is 5.91 Å². The van der Waals surface area contributed by atoms with Gasteiger partial charge in [0.25, 0.3) is 0 Å². The van der Waals surface area contributed by atoms with Crippen molar-refractivity contribution in [3.05, 3.63) is 29.8 Å². The van der Waals surface area contributed by atoms with Crippen LogP contribution in [0.3, 0.4) is 0 Å². The number of carbonyl (C=O) groups is 1. The molecule has 0 aromatic heterocycles. The molecule has 1 atom stereocenters. The molecule has 0 fully saturated rings. The van der Waals surface area contributed by atoms with Gasteiger partial charge in [0.1, 0.15) is 0 Å². The van der Waals surface area contributed by atoms with E-state index in [1.165, 1.54) is 10.5 Å². The van der Waals surface area contributed by atoms with Crippen LogP contribution >= 0.6 is 11.8 Å². The molecule has 0 saturated heterocycles. The van der Waals surface area contributed by atoms with Crippen molar-refractivity contribution in [2.75, 3.05) is 32.4 Å². The number of fused-ring (bicyclic) bond motifs is 1. The number of benzene rings is 1. The lowest BCUT2D eigenvalue weighted by molar-refractivity contribution is -0.121. The molecular formula is C15H22N2OS. The molecule has 0 saturated carbocycles. The predicted octanol–water partition coefficient (Wildman–Crippen LogP) is 2.33. The number of nitrogens with one attached hydrogen (secondary N) is 1. The highest BCUT2D eigenvalue weighted by Crippen LogP contribution is 2.39. The van der Waals surface area contributed by atoms with Gasteiger partial charge >= 0.3 is 0 Å². The molecule has 0 aliphatic carbocycles. The van der Waals surface area contributed by atoms with Crippen molar-refractivity contribution in [3.8, 4) is 0 Å². The molecular weight excluding hydrogens is 256 g/mol. The summed E-state index contributed by atoms with van der Waals surface area (Å²) in [4.78, 5) is 15.2. The van der Waals surface area contributed by atoms with Gasteiger partial charge in [-0.25, -0.2) is 0 Å². The molecule has 1 aromatic rings. The number of likely N-dealkylation sites (N-methyl/N-ethyl adjacent to an activating group) is 1. The Hall–Kier alpha value is -1.00.